The summed E-state index contributed by atoms with van der Waals surface area (Å²) in [6.07, 6.45) is 0.969. The number of nitrogens with one attached hydrogen (secondary N) is 1. The van der Waals surface area contributed by atoms with Gasteiger partial charge in [0.25, 0.3) is 5.91 Å². The van der Waals surface area contributed by atoms with Crippen molar-refractivity contribution in [2.24, 2.45) is 5.92 Å². The molecule has 1 unspecified atom stereocenters. The van der Waals surface area contributed by atoms with Gasteiger partial charge in [-0.1, -0.05) is 25.4 Å². The third-order valence-electron chi connectivity index (χ3n) is 2.38. The minimum atomic E-state index is -0.0679. The highest BCUT2D eigenvalue weighted by Gasteiger charge is 2.13. The van der Waals surface area contributed by atoms with Crippen molar-refractivity contribution in [2.75, 3.05) is 0 Å². The average molecular weight is 319 g/mol. The third kappa shape index (κ3) is 4.68. The van der Waals surface area contributed by atoms with Crippen molar-refractivity contribution in [3.63, 3.8) is 0 Å². The van der Waals surface area contributed by atoms with Crippen molar-refractivity contribution in [1.82, 2.24) is 5.32 Å². The molecule has 0 radical (unpaired) electrons. The molecule has 0 aromatic heterocycles. The number of hydrogen-bond acceptors (Lipinski definition) is 1. The van der Waals surface area contributed by atoms with E-state index in [1.807, 2.05) is 6.92 Å². The van der Waals surface area contributed by atoms with Crippen LogP contribution in [0.15, 0.2) is 22.7 Å². The van der Waals surface area contributed by atoms with E-state index in [1.54, 1.807) is 18.2 Å². The van der Waals surface area contributed by atoms with Gasteiger partial charge in [-0.2, -0.15) is 0 Å². The molecule has 94 valence electrons. The van der Waals surface area contributed by atoms with Gasteiger partial charge in [0.05, 0.1) is 5.56 Å². The summed E-state index contributed by atoms with van der Waals surface area (Å²) >= 11 is 9.18. The van der Waals surface area contributed by atoms with Gasteiger partial charge in [-0.05, 0) is 53.4 Å². The van der Waals surface area contributed by atoms with Gasteiger partial charge in [-0.25, -0.2) is 0 Å². The van der Waals surface area contributed by atoms with Crippen LogP contribution >= 0.6 is 27.5 Å². The van der Waals surface area contributed by atoms with Crippen LogP contribution < -0.4 is 5.32 Å². The maximum absolute atomic E-state index is 12.0. The Labute approximate surface area is 116 Å². The van der Waals surface area contributed by atoms with Crippen LogP contribution in [0.4, 0.5) is 0 Å². The van der Waals surface area contributed by atoms with Crippen LogP contribution in [0, 0.1) is 5.92 Å². The Bertz CT molecular complexity index is 406. The van der Waals surface area contributed by atoms with E-state index >= 15 is 0 Å². The summed E-state index contributed by atoms with van der Waals surface area (Å²) in [6.45, 7) is 6.30. The minimum Gasteiger partial charge on any atom is -0.350 e. The fourth-order valence-corrected chi connectivity index (χ4v) is 2.60. The Balaban J connectivity index is 2.70. The van der Waals surface area contributed by atoms with Crippen molar-refractivity contribution in [3.05, 3.63) is 33.3 Å². The maximum Gasteiger partial charge on any atom is 0.252 e. The largest absolute Gasteiger partial charge is 0.350 e. The van der Waals surface area contributed by atoms with Crippen molar-refractivity contribution in [2.45, 2.75) is 33.2 Å². The first-order valence-corrected chi connectivity index (χ1v) is 6.83. The molecule has 1 rings (SSSR count). The van der Waals surface area contributed by atoms with Crippen LogP contribution in [-0.4, -0.2) is 11.9 Å². The summed E-state index contributed by atoms with van der Waals surface area (Å²) in [7, 11) is 0. The second-order valence-corrected chi connectivity index (χ2v) is 5.92. The lowest BCUT2D eigenvalue weighted by molar-refractivity contribution is 0.0935. The predicted molar refractivity (Wildman–Crippen MR) is 75.5 cm³/mol. The highest BCUT2D eigenvalue weighted by molar-refractivity contribution is 9.10. The van der Waals surface area contributed by atoms with Crippen LogP contribution in [0.1, 0.15) is 37.6 Å². The van der Waals surface area contributed by atoms with Crippen LogP contribution in [0.5, 0.6) is 0 Å². The Morgan fingerprint density at radius 1 is 1.41 bits per heavy atom. The Morgan fingerprint density at radius 3 is 2.59 bits per heavy atom. The Hall–Kier alpha value is -0.540. The summed E-state index contributed by atoms with van der Waals surface area (Å²) < 4.78 is 0.722. The van der Waals surface area contributed by atoms with Gasteiger partial charge >= 0.3 is 0 Å². The van der Waals surface area contributed by atoms with Crippen LogP contribution in [0.2, 0.25) is 5.02 Å². The number of amides is 1. The normalized spacial score (nSPS) is 12.6. The molecule has 1 aromatic rings. The summed E-state index contributed by atoms with van der Waals surface area (Å²) in [5, 5.41) is 3.59. The summed E-state index contributed by atoms with van der Waals surface area (Å²) in [5.74, 6) is 0.501. The van der Waals surface area contributed by atoms with E-state index in [1.165, 1.54) is 0 Å². The number of rotatable bonds is 4. The summed E-state index contributed by atoms with van der Waals surface area (Å²) in [6, 6.07) is 5.34. The number of hydrogen-bond donors (Lipinski definition) is 1. The topological polar surface area (TPSA) is 29.1 Å². The van der Waals surface area contributed by atoms with E-state index in [2.05, 4.69) is 35.1 Å². The molecule has 1 aromatic carbocycles. The van der Waals surface area contributed by atoms with Crippen molar-refractivity contribution in [3.8, 4) is 0 Å². The highest BCUT2D eigenvalue weighted by Crippen LogP contribution is 2.21. The molecule has 17 heavy (non-hydrogen) atoms. The molecule has 0 aliphatic heterocycles. The zero-order valence-electron chi connectivity index (χ0n) is 10.3. The predicted octanol–water partition coefficient (Wildman–Crippen LogP) is 4.27. The smallest absolute Gasteiger partial charge is 0.252 e. The molecule has 0 aliphatic rings. The molecule has 0 aliphatic carbocycles. The number of carbonyl (C=O) groups excluding carboxylic acids is 1. The van der Waals surface area contributed by atoms with Crippen LogP contribution in [-0.2, 0) is 0 Å². The van der Waals surface area contributed by atoms with Crippen LogP contribution in [0.3, 0.4) is 0 Å². The van der Waals surface area contributed by atoms with E-state index in [9.17, 15) is 4.79 Å². The number of carbonyl (C=O) groups is 1. The van der Waals surface area contributed by atoms with Gasteiger partial charge in [0, 0.05) is 15.5 Å². The first-order chi connectivity index (χ1) is 7.90. The number of halogens is 2. The molecule has 0 saturated heterocycles. The van der Waals surface area contributed by atoms with Gasteiger partial charge in [-0.3, -0.25) is 4.79 Å². The monoisotopic (exact) mass is 317 g/mol. The lowest BCUT2D eigenvalue weighted by Crippen LogP contribution is -2.33. The Kier molecular flexibility index (Phi) is 5.47. The molecule has 1 atom stereocenters. The quantitative estimate of drug-likeness (QED) is 0.882. The van der Waals surface area contributed by atoms with Crippen molar-refractivity contribution >= 4 is 33.4 Å². The first kappa shape index (κ1) is 14.5. The van der Waals surface area contributed by atoms with Gasteiger partial charge in [0.15, 0.2) is 0 Å². The fourth-order valence-electron chi connectivity index (χ4n) is 1.74. The zero-order chi connectivity index (χ0) is 13.0. The third-order valence-corrected chi connectivity index (χ3v) is 3.27. The SMILES string of the molecule is CC(C)CC(C)NC(=O)c1ccc(Cl)cc1Br. The molecule has 2 nitrogen and oxygen atoms in total. The van der Waals surface area contributed by atoms with E-state index < -0.39 is 0 Å². The molecule has 0 heterocycles. The number of benzene rings is 1. The van der Waals surface area contributed by atoms with Gasteiger partial charge < -0.3 is 5.32 Å². The maximum atomic E-state index is 12.0. The fraction of sp³-hybridized carbons (Fsp3) is 0.462. The Morgan fingerprint density at radius 2 is 2.06 bits per heavy atom. The molecular formula is C13H17BrClNO. The zero-order valence-corrected chi connectivity index (χ0v) is 12.6. The molecule has 0 spiro atoms. The van der Waals surface area contributed by atoms with Gasteiger partial charge in [0.1, 0.15) is 0 Å². The second-order valence-electron chi connectivity index (χ2n) is 4.63. The molecule has 0 fully saturated rings. The minimum absolute atomic E-state index is 0.0679. The standard InChI is InChI=1S/C13H17BrClNO/c1-8(2)6-9(3)16-13(17)11-5-4-10(15)7-12(11)14/h4-5,7-9H,6H2,1-3H3,(H,16,17). The van der Waals surface area contributed by atoms with E-state index in [-0.39, 0.29) is 11.9 Å². The molecule has 0 saturated carbocycles. The van der Waals surface area contributed by atoms with Crippen LogP contribution in [0.25, 0.3) is 0 Å². The summed E-state index contributed by atoms with van der Waals surface area (Å²) in [5.41, 5.74) is 0.616. The molecule has 0 bridgehead atoms. The molecular weight excluding hydrogens is 302 g/mol. The molecule has 1 N–H and O–H groups in total. The van der Waals surface area contributed by atoms with E-state index in [0.717, 1.165) is 10.9 Å². The highest BCUT2D eigenvalue weighted by atomic mass is 79.9. The van der Waals surface area contributed by atoms with E-state index in [0.29, 0.717) is 16.5 Å². The van der Waals surface area contributed by atoms with Gasteiger partial charge in [0.2, 0.25) is 0 Å². The summed E-state index contributed by atoms with van der Waals surface area (Å²) in [4.78, 5) is 12.0. The van der Waals surface area contributed by atoms with Crippen molar-refractivity contribution in [1.29, 1.82) is 0 Å². The van der Waals surface area contributed by atoms with E-state index in [4.69, 9.17) is 11.6 Å². The van der Waals surface area contributed by atoms with Crippen molar-refractivity contribution < 1.29 is 4.79 Å². The molecule has 4 heteroatoms. The first-order valence-electron chi connectivity index (χ1n) is 5.66. The lowest BCUT2D eigenvalue weighted by Gasteiger charge is -2.16. The van der Waals surface area contributed by atoms with Gasteiger partial charge in [-0.15, -0.1) is 0 Å². The average Bonchev–Trinajstić information content (AvgIpc) is 2.15. The lowest BCUT2D eigenvalue weighted by atomic mass is 10.0. The molecule has 1 amide bonds. The second kappa shape index (κ2) is 6.41.